The number of hydrogen-bond acceptors (Lipinski definition) is 4. The zero-order chi connectivity index (χ0) is 12.1. The van der Waals surface area contributed by atoms with Gasteiger partial charge in [-0.1, -0.05) is 35.5 Å². The van der Waals surface area contributed by atoms with Crippen molar-refractivity contribution in [3.63, 3.8) is 0 Å². The Kier molecular flexibility index (Phi) is 3.55. The quantitative estimate of drug-likeness (QED) is 0.757. The first-order valence-electron chi connectivity index (χ1n) is 5.36. The maximum absolute atomic E-state index is 11.5. The van der Waals surface area contributed by atoms with Crippen LogP contribution in [0, 0.1) is 6.92 Å². The van der Waals surface area contributed by atoms with Crippen LogP contribution < -0.4 is 0 Å². The summed E-state index contributed by atoms with van der Waals surface area (Å²) in [4.78, 5) is 11.5. The molecule has 0 atom stereocenters. The van der Waals surface area contributed by atoms with Crippen molar-refractivity contribution in [2.24, 2.45) is 0 Å². The van der Waals surface area contributed by atoms with Crippen LogP contribution >= 0.6 is 0 Å². The Hall–Kier alpha value is -2.10. The maximum Gasteiger partial charge on any atom is 0.310 e. The summed E-state index contributed by atoms with van der Waals surface area (Å²) in [5.41, 5.74) is 1.71. The molecule has 0 fully saturated rings. The van der Waals surface area contributed by atoms with Crippen molar-refractivity contribution in [2.45, 2.75) is 20.0 Å². The second kappa shape index (κ2) is 5.30. The Morgan fingerprint density at radius 3 is 2.76 bits per heavy atom. The van der Waals surface area contributed by atoms with Gasteiger partial charge in [0.2, 0.25) is 0 Å². The van der Waals surface area contributed by atoms with Crippen LogP contribution in [0.25, 0.3) is 0 Å². The molecular formula is C13H13NO3. The predicted octanol–water partition coefficient (Wildman–Crippen LogP) is 2.27. The lowest BCUT2D eigenvalue weighted by atomic mass is 10.2. The Labute approximate surface area is 99.2 Å². The lowest BCUT2D eigenvalue weighted by molar-refractivity contribution is -0.144. The van der Waals surface area contributed by atoms with E-state index in [4.69, 9.17) is 9.26 Å². The zero-order valence-corrected chi connectivity index (χ0v) is 9.55. The summed E-state index contributed by atoms with van der Waals surface area (Å²) in [5, 5.41) is 3.71. The van der Waals surface area contributed by atoms with Gasteiger partial charge in [-0.2, -0.15) is 0 Å². The highest BCUT2D eigenvalue weighted by atomic mass is 16.5. The van der Waals surface area contributed by atoms with Gasteiger partial charge in [0.25, 0.3) is 0 Å². The summed E-state index contributed by atoms with van der Waals surface area (Å²) in [6.07, 6.45) is 0.272. The lowest BCUT2D eigenvalue weighted by Crippen LogP contribution is -2.07. The highest BCUT2D eigenvalue weighted by molar-refractivity contribution is 5.72. The molecule has 1 aromatic carbocycles. The summed E-state index contributed by atoms with van der Waals surface area (Å²) < 4.78 is 10.0. The minimum absolute atomic E-state index is 0.131. The van der Waals surface area contributed by atoms with Gasteiger partial charge in [0.1, 0.15) is 0 Å². The van der Waals surface area contributed by atoms with E-state index in [9.17, 15) is 4.79 Å². The molecule has 0 spiro atoms. The van der Waals surface area contributed by atoms with Crippen molar-refractivity contribution < 1.29 is 14.1 Å². The van der Waals surface area contributed by atoms with Gasteiger partial charge < -0.3 is 9.26 Å². The number of esters is 1. The zero-order valence-electron chi connectivity index (χ0n) is 9.55. The molecule has 0 radical (unpaired) electrons. The second-order valence-corrected chi connectivity index (χ2v) is 3.76. The van der Waals surface area contributed by atoms with Gasteiger partial charge in [0.05, 0.1) is 12.1 Å². The van der Waals surface area contributed by atoms with E-state index in [0.29, 0.717) is 5.76 Å². The molecule has 0 N–H and O–H groups in total. The Morgan fingerprint density at radius 1 is 1.35 bits per heavy atom. The number of rotatable bonds is 4. The van der Waals surface area contributed by atoms with E-state index >= 15 is 0 Å². The van der Waals surface area contributed by atoms with Crippen molar-refractivity contribution >= 4 is 5.97 Å². The third kappa shape index (κ3) is 3.45. The SMILES string of the molecule is Cc1cc(COC(=O)Cc2ccccc2)on1. The molecule has 0 saturated carbocycles. The van der Waals surface area contributed by atoms with Gasteiger partial charge in [0, 0.05) is 6.07 Å². The minimum atomic E-state index is -0.273. The van der Waals surface area contributed by atoms with Crippen LogP contribution in [0.2, 0.25) is 0 Å². The summed E-state index contributed by atoms with van der Waals surface area (Å²) in [7, 11) is 0. The average Bonchev–Trinajstić information content (AvgIpc) is 2.74. The number of carbonyl (C=O) groups excluding carboxylic acids is 1. The van der Waals surface area contributed by atoms with E-state index in [1.807, 2.05) is 37.3 Å². The largest absolute Gasteiger partial charge is 0.457 e. The second-order valence-electron chi connectivity index (χ2n) is 3.76. The first-order valence-corrected chi connectivity index (χ1v) is 5.36. The topological polar surface area (TPSA) is 52.3 Å². The predicted molar refractivity (Wildman–Crippen MR) is 61.2 cm³/mol. The fraction of sp³-hybridized carbons (Fsp3) is 0.231. The molecule has 0 saturated heterocycles. The third-order valence-corrected chi connectivity index (χ3v) is 2.24. The molecule has 0 aliphatic heterocycles. The van der Waals surface area contributed by atoms with Gasteiger partial charge in [-0.25, -0.2) is 0 Å². The average molecular weight is 231 g/mol. The van der Waals surface area contributed by atoms with Crippen LogP contribution in [0.1, 0.15) is 17.0 Å². The van der Waals surface area contributed by atoms with Crippen molar-refractivity contribution in [1.29, 1.82) is 0 Å². The molecule has 17 heavy (non-hydrogen) atoms. The number of nitrogens with zero attached hydrogens (tertiary/aromatic N) is 1. The molecule has 2 aromatic rings. The Morgan fingerprint density at radius 2 is 2.12 bits per heavy atom. The molecule has 0 aliphatic rings. The third-order valence-electron chi connectivity index (χ3n) is 2.24. The molecule has 4 heteroatoms. The Balaban J connectivity index is 1.82. The minimum Gasteiger partial charge on any atom is -0.457 e. The van der Waals surface area contributed by atoms with Gasteiger partial charge >= 0.3 is 5.97 Å². The van der Waals surface area contributed by atoms with E-state index < -0.39 is 0 Å². The van der Waals surface area contributed by atoms with E-state index in [1.54, 1.807) is 6.07 Å². The Bertz CT molecular complexity index is 490. The van der Waals surface area contributed by atoms with Crippen molar-refractivity contribution in [3.8, 4) is 0 Å². The molecular weight excluding hydrogens is 218 g/mol. The molecule has 88 valence electrons. The van der Waals surface area contributed by atoms with Gasteiger partial charge in [0.15, 0.2) is 12.4 Å². The van der Waals surface area contributed by atoms with Crippen molar-refractivity contribution in [3.05, 3.63) is 53.4 Å². The maximum atomic E-state index is 11.5. The molecule has 0 amide bonds. The summed E-state index contributed by atoms with van der Waals surface area (Å²) in [6, 6.07) is 11.2. The number of hydrogen-bond donors (Lipinski definition) is 0. The molecule has 1 heterocycles. The number of ether oxygens (including phenoxy) is 1. The first-order chi connectivity index (χ1) is 8.24. The van der Waals surface area contributed by atoms with Crippen LogP contribution in [0.5, 0.6) is 0 Å². The van der Waals surface area contributed by atoms with Crippen LogP contribution in [-0.2, 0) is 22.6 Å². The van der Waals surface area contributed by atoms with Crippen molar-refractivity contribution in [2.75, 3.05) is 0 Å². The van der Waals surface area contributed by atoms with Crippen LogP contribution in [0.15, 0.2) is 40.9 Å². The molecule has 0 aliphatic carbocycles. The summed E-state index contributed by atoms with van der Waals surface area (Å²) >= 11 is 0. The van der Waals surface area contributed by atoms with Crippen LogP contribution in [0.4, 0.5) is 0 Å². The van der Waals surface area contributed by atoms with E-state index in [1.165, 1.54) is 0 Å². The molecule has 2 rings (SSSR count). The van der Waals surface area contributed by atoms with E-state index in [0.717, 1.165) is 11.3 Å². The highest BCUT2D eigenvalue weighted by Crippen LogP contribution is 2.06. The smallest absolute Gasteiger partial charge is 0.310 e. The van der Waals surface area contributed by atoms with Crippen LogP contribution in [0.3, 0.4) is 0 Å². The van der Waals surface area contributed by atoms with Gasteiger partial charge in [-0.15, -0.1) is 0 Å². The molecule has 0 bridgehead atoms. The van der Waals surface area contributed by atoms with Crippen molar-refractivity contribution in [1.82, 2.24) is 5.16 Å². The summed E-state index contributed by atoms with van der Waals surface area (Å²) in [6.45, 7) is 1.95. The normalized spacial score (nSPS) is 10.2. The fourth-order valence-corrected chi connectivity index (χ4v) is 1.45. The van der Waals surface area contributed by atoms with E-state index in [2.05, 4.69) is 5.16 Å². The van der Waals surface area contributed by atoms with Gasteiger partial charge in [-0.05, 0) is 12.5 Å². The van der Waals surface area contributed by atoms with Crippen LogP contribution in [-0.4, -0.2) is 11.1 Å². The monoisotopic (exact) mass is 231 g/mol. The van der Waals surface area contributed by atoms with E-state index in [-0.39, 0.29) is 19.0 Å². The van der Waals surface area contributed by atoms with Gasteiger partial charge in [-0.3, -0.25) is 4.79 Å². The molecule has 1 aromatic heterocycles. The molecule has 4 nitrogen and oxygen atoms in total. The molecule has 0 unspecified atom stereocenters. The lowest BCUT2D eigenvalue weighted by Gasteiger charge is -2.02. The fourth-order valence-electron chi connectivity index (χ4n) is 1.45. The number of carbonyl (C=O) groups is 1. The number of aromatic nitrogens is 1. The number of aryl methyl sites for hydroxylation is 1. The number of benzene rings is 1. The first kappa shape index (κ1) is 11.4. The highest BCUT2D eigenvalue weighted by Gasteiger charge is 2.07. The standard InChI is InChI=1S/C13H13NO3/c1-10-7-12(17-14-10)9-16-13(15)8-11-5-3-2-4-6-11/h2-7H,8-9H2,1H3. The summed E-state index contributed by atoms with van der Waals surface area (Å²) in [5.74, 6) is 0.286.